The number of halogens is 1. The van der Waals surface area contributed by atoms with E-state index in [0.717, 1.165) is 0 Å². The number of aliphatic hydroxyl groups is 1. The van der Waals surface area contributed by atoms with Crippen molar-refractivity contribution in [2.75, 3.05) is 0 Å². The summed E-state index contributed by atoms with van der Waals surface area (Å²) in [4.78, 5) is 11.3. The van der Waals surface area contributed by atoms with Gasteiger partial charge in [-0.25, -0.2) is 4.79 Å². The molecule has 0 spiro atoms. The van der Waals surface area contributed by atoms with E-state index in [1.807, 2.05) is 6.07 Å². The van der Waals surface area contributed by atoms with Gasteiger partial charge in [0.25, 0.3) is 6.04 Å². The van der Waals surface area contributed by atoms with Crippen molar-refractivity contribution in [1.29, 1.82) is 0 Å². The Labute approximate surface area is 121 Å². The van der Waals surface area contributed by atoms with Crippen molar-refractivity contribution in [1.82, 2.24) is 0 Å². The highest BCUT2D eigenvalue weighted by Gasteiger charge is 2.35. The van der Waals surface area contributed by atoms with Crippen LogP contribution in [0.25, 0.3) is 0 Å². The summed E-state index contributed by atoms with van der Waals surface area (Å²) in [5.74, 6) is -1.07. The van der Waals surface area contributed by atoms with Crippen LogP contribution in [0.5, 0.6) is 0 Å². The maximum atomic E-state index is 11.3. The Morgan fingerprint density at radius 3 is 2.05 bits per heavy atom. The standard InChI is InChI=1S/C14H13NO3.BrH/c16-13(11-7-3-1-4-8-11)12(14(17)18)15-9-5-2-6-10-15;/h1-10,12-13,16H;1H. The Morgan fingerprint density at radius 1 is 1.00 bits per heavy atom. The van der Waals surface area contributed by atoms with Gasteiger partial charge in [0.15, 0.2) is 18.5 Å². The average molecular weight is 324 g/mol. The van der Waals surface area contributed by atoms with Crippen LogP contribution >= 0.6 is 0 Å². The first-order valence-corrected chi connectivity index (χ1v) is 5.62. The zero-order valence-electron chi connectivity index (χ0n) is 10.1. The second kappa shape index (κ2) is 7.01. The van der Waals surface area contributed by atoms with Crippen molar-refractivity contribution in [3.05, 3.63) is 66.5 Å². The quantitative estimate of drug-likeness (QED) is 0.662. The van der Waals surface area contributed by atoms with Crippen molar-refractivity contribution in [2.45, 2.75) is 12.1 Å². The first kappa shape index (κ1) is 15.3. The lowest BCUT2D eigenvalue weighted by molar-refractivity contribution is -0.719. The summed E-state index contributed by atoms with van der Waals surface area (Å²) >= 11 is 0. The highest BCUT2D eigenvalue weighted by Crippen LogP contribution is 2.22. The second-order valence-corrected chi connectivity index (χ2v) is 3.96. The fraction of sp³-hybridized carbons (Fsp3) is 0.143. The summed E-state index contributed by atoms with van der Waals surface area (Å²) in [6.07, 6.45) is 2.17. The molecule has 2 unspecified atom stereocenters. The average Bonchev–Trinajstić information content (AvgIpc) is 2.40. The van der Waals surface area contributed by atoms with E-state index in [-0.39, 0.29) is 17.0 Å². The number of benzene rings is 1. The van der Waals surface area contributed by atoms with Gasteiger partial charge >= 0.3 is 5.97 Å². The van der Waals surface area contributed by atoms with E-state index in [9.17, 15) is 15.0 Å². The molecule has 1 heterocycles. The van der Waals surface area contributed by atoms with Gasteiger partial charge in [-0.1, -0.05) is 36.4 Å². The van der Waals surface area contributed by atoms with E-state index < -0.39 is 18.1 Å². The largest absolute Gasteiger partial charge is 1.00 e. The first-order chi connectivity index (χ1) is 8.70. The zero-order chi connectivity index (χ0) is 13.0. The van der Waals surface area contributed by atoms with Gasteiger partial charge in [-0.3, -0.25) is 0 Å². The molecule has 2 aromatic rings. The second-order valence-electron chi connectivity index (χ2n) is 3.96. The molecule has 0 aliphatic carbocycles. The molecule has 0 aliphatic rings. The minimum absolute atomic E-state index is 0. The molecular weight excluding hydrogens is 310 g/mol. The molecule has 1 aromatic heterocycles. The molecule has 4 nitrogen and oxygen atoms in total. The maximum Gasteiger partial charge on any atom is 0.376 e. The van der Waals surface area contributed by atoms with Gasteiger partial charge in [0.1, 0.15) is 0 Å². The summed E-state index contributed by atoms with van der Waals surface area (Å²) < 4.78 is 1.49. The SMILES string of the molecule is O=C(O)C(C(O)c1ccccc1)[n+]1ccccc1.[Br-]. The summed E-state index contributed by atoms with van der Waals surface area (Å²) in [6.45, 7) is 0. The lowest BCUT2D eigenvalue weighted by atomic mass is 10.0. The molecule has 0 aliphatic heterocycles. The Kier molecular flexibility index (Phi) is 5.66. The first-order valence-electron chi connectivity index (χ1n) is 5.62. The Balaban J connectivity index is 0.00000180. The van der Waals surface area contributed by atoms with E-state index >= 15 is 0 Å². The van der Waals surface area contributed by atoms with E-state index in [2.05, 4.69) is 0 Å². The number of hydrogen-bond acceptors (Lipinski definition) is 2. The third-order valence-corrected chi connectivity index (χ3v) is 2.75. The summed E-state index contributed by atoms with van der Waals surface area (Å²) in [7, 11) is 0. The number of aliphatic hydroxyl groups excluding tert-OH is 1. The van der Waals surface area contributed by atoms with Crippen molar-refractivity contribution in [3.63, 3.8) is 0 Å². The predicted octanol–water partition coefficient (Wildman–Crippen LogP) is -1.66. The zero-order valence-corrected chi connectivity index (χ0v) is 11.6. The number of nitrogens with zero attached hydrogens (tertiary/aromatic N) is 1. The summed E-state index contributed by atoms with van der Waals surface area (Å²) in [5, 5.41) is 19.5. The van der Waals surface area contributed by atoms with Gasteiger partial charge < -0.3 is 27.2 Å². The lowest BCUT2D eigenvalue weighted by Crippen LogP contribution is -3.00. The topological polar surface area (TPSA) is 61.4 Å². The smallest absolute Gasteiger partial charge is 0.376 e. The summed E-state index contributed by atoms with van der Waals surface area (Å²) in [5.41, 5.74) is 0.584. The number of aromatic nitrogens is 1. The van der Waals surface area contributed by atoms with Gasteiger partial charge in [0.2, 0.25) is 0 Å². The molecule has 0 saturated heterocycles. The molecule has 2 N–H and O–H groups in total. The van der Waals surface area contributed by atoms with Crippen LogP contribution in [0.15, 0.2) is 60.9 Å². The number of carboxylic acid groups (broad SMARTS) is 1. The molecule has 2 rings (SSSR count). The van der Waals surface area contributed by atoms with E-state index in [1.54, 1.807) is 54.9 Å². The molecule has 100 valence electrons. The minimum Gasteiger partial charge on any atom is -1.00 e. The molecule has 19 heavy (non-hydrogen) atoms. The van der Waals surface area contributed by atoms with Gasteiger partial charge in [0, 0.05) is 12.1 Å². The number of pyridine rings is 1. The van der Waals surface area contributed by atoms with Gasteiger partial charge in [0.05, 0.1) is 0 Å². The van der Waals surface area contributed by atoms with Crippen molar-refractivity contribution in [2.24, 2.45) is 0 Å². The molecular formula is C14H14BrNO3. The van der Waals surface area contributed by atoms with Crippen LogP contribution in [0.3, 0.4) is 0 Å². The van der Waals surface area contributed by atoms with E-state index in [4.69, 9.17) is 0 Å². The summed E-state index contributed by atoms with van der Waals surface area (Å²) in [6, 6.07) is 13.0. The van der Waals surface area contributed by atoms with Crippen LogP contribution in [0.2, 0.25) is 0 Å². The normalized spacial score (nSPS) is 13.1. The third-order valence-electron chi connectivity index (χ3n) is 2.75. The van der Waals surface area contributed by atoms with Gasteiger partial charge in [-0.15, -0.1) is 0 Å². The van der Waals surface area contributed by atoms with Crippen molar-refractivity contribution < 1.29 is 36.6 Å². The number of rotatable bonds is 4. The van der Waals surface area contributed by atoms with Crippen LogP contribution < -0.4 is 21.5 Å². The Morgan fingerprint density at radius 2 is 1.53 bits per heavy atom. The Hall–Kier alpha value is -1.72. The maximum absolute atomic E-state index is 11.3. The fourth-order valence-electron chi connectivity index (χ4n) is 1.86. The lowest BCUT2D eigenvalue weighted by Gasteiger charge is -2.15. The molecule has 0 fully saturated rings. The molecule has 0 amide bonds. The van der Waals surface area contributed by atoms with Crippen LogP contribution in [0.1, 0.15) is 17.7 Å². The van der Waals surface area contributed by atoms with Crippen LogP contribution in [0, 0.1) is 0 Å². The molecule has 0 radical (unpaired) electrons. The number of carboxylic acids is 1. The number of carbonyl (C=O) groups is 1. The Bertz CT molecular complexity index is 519. The van der Waals surface area contributed by atoms with Crippen LogP contribution in [-0.2, 0) is 4.79 Å². The van der Waals surface area contributed by atoms with E-state index in [1.165, 1.54) is 4.57 Å². The monoisotopic (exact) mass is 323 g/mol. The van der Waals surface area contributed by atoms with Crippen LogP contribution in [-0.4, -0.2) is 16.2 Å². The molecule has 2 atom stereocenters. The fourth-order valence-corrected chi connectivity index (χ4v) is 1.86. The van der Waals surface area contributed by atoms with E-state index in [0.29, 0.717) is 5.56 Å². The van der Waals surface area contributed by atoms with Crippen molar-refractivity contribution in [3.8, 4) is 0 Å². The highest BCUT2D eigenvalue weighted by molar-refractivity contribution is 5.71. The number of aliphatic carboxylic acids is 1. The predicted molar refractivity (Wildman–Crippen MR) is 64.7 cm³/mol. The van der Waals surface area contributed by atoms with Crippen molar-refractivity contribution >= 4 is 5.97 Å². The molecule has 5 heteroatoms. The van der Waals surface area contributed by atoms with Crippen LogP contribution in [0.4, 0.5) is 0 Å². The number of hydrogen-bond donors (Lipinski definition) is 2. The molecule has 0 saturated carbocycles. The molecule has 1 aromatic carbocycles. The van der Waals surface area contributed by atoms with Gasteiger partial charge in [-0.05, 0) is 5.56 Å². The minimum atomic E-state index is -1.09. The molecule has 0 bridgehead atoms. The van der Waals surface area contributed by atoms with Gasteiger partial charge in [-0.2, -0.15) is 4.57 Å². The third kappa shape index (κ3) is 3.62. The highest BCUT2D eigenvalue weighted by atomic mass is 79.9.